The fraction of sp³-hybridized carbons (Fsp3) is 0.227. The van der Waals surface area contributed by atoms with Gasteiger partial charge in [0.15, 0.2) is 0 Å². The number of fused-ring (bicyclic) bond motifs is 2. The number of halogens is 2. The number of nitrogens with one attached hydrogen (secondary N) is 1. The molecule has 5 rings (SSSR count). The number of hydrogen-bond donors (Lipinski definition) is 1. The Labute approximate surface area is 175 Å². The predicted octanol–water partition coefficient (Wildman–Crippen LogP) is 5.03. The second-order valence-corrected chi connectivity index (χ2v) is 8.70. The zero-order valence-electron chi connectivity index (χ0n) is 16.4. The Balaban J connectivity index is 1.64. The Hall–Kier alpha value is -3.13. The third-order valence-corrected chi connectivity index (χ3v) is 6.41. The van der Waals surface area contributed by atoms with E-state index in [0.29, 0.717) is 18.5 Å². The summed E-state index contributed by atoms with van der Waals surface area (Å²) in [6.45, 7) is 3.90. The molecule has 8 heteroatoms. The van der Waals surface area contributed by atoms with E-state index in [9.17, 15) is 13.6 Å². The summed E-state index contributed by atoms with van der Waals surface area (Å²) >= 11 is 1.58. The monoisotopic (exact) mass is 424 g/mol. The Morgan fingerprint density at radius 1 is 1.13 bits per heavy atom. The fourth-order valence-corrected chi connectivity index (χ4v) is 4.91. The molecule has 30 heavy (non-hydrogen) atoms. The summed E-state index contributed by atoms with van der Waals surface area (Å²) < 4.78 is 30.7. The van der Waals surface area contributed by atoms with Crippen LogP contribution in [0.25, 0.3) is 10.2 Å². The molecular weight excluding hydrogens is 406 g/mol. The van der Waals surface area contributed by atoms with Gasteiger partial charge in [-0.15, -0.1) is 11.3 Å². The molecule has 1 aliphatic heterocycles. The summed E-state index contributed by atoms with van der Waals surface area (Å²) in [6, 6.07) is 9.86. The van der Waals surface area contributed by atoms with Crippen molar-refractivity contribution < 1.29 is 8.78 Å². The maximum absolute atomic E-state index is 14.6. The lowest BCUT2D eigenvalue weighted by Crippen LogP contribution is -2.23. The Bertz CT molecular complexity index is 1340. The molecular formula is C22H18F2N4OS. The molecule has 0 bridgehead atoms. The van der Waals surface area contributed by atoms with Crippen molar-refractivity contribution >= 4 is 33.2 Å². The van der Waals surface area contributed by atoms with Gasteiger partial charge in [0.1, 0.15) is 5.82 Å². The third-order valence-electron chi connectivity index (χ3n) is 5.48. The molecule has 1 N–H and O–H groups in total. The van der Waals surface area contributed by atoms with Gasteiger partial charge in [0.2, 0.25) is 11.8 Å². The third kappa shape index (κ3) is 3.08. The average molecular weight is 424 g/mol. The van der Waals surface area contributed by atoms with Crippen molar-refractivity contribution in [1.82, 2.24) is 14.5 Å². The first kappa shape index (κ1) is 18.9. The van der Waals surface area contributed by atoms with E-state index in [0.717, 1.165) is 32.0 Å². The van der Waals surface area contributed by atoms with Gasteiger partial charge in [-0.05, 0) is 62.1 Å². The number of hydrogen-bond acceptors (Lipinski definition) is 5. The molecule has 1 atom stereocenters. The summed E-state index contributed by atoms with van der Waals surface area (Å²) in [7, 11) is 0. The zero-order valence-corrected chi connectivity index (χ0v) is 17.2. The number of benzene rings is 2. The smallest absolute Gasteiger partial charge is 0.310 e. The summed E-state index contributed by atoms with van der Waals surface area (Å²) in [6.07, 6.45) is 1.01. The minimum Gasteiger partial charge on any atom is -0.325 e. The average Bonchev–Trinajstić information content (AvgIpc) is 3.30. The molecule has 0 spiro atoms. The van der Waals surface area contributed by atoms with Gasteiger partial charge in [0, 0.05) is 5.69 Å². The van der Waals surface area contributed by atoms with E-state index in [2.05, 4.69) is 15.3 Å². The Morgan fingerprint density at radius 3 is 2.67 bits per heavy atom. The molecule has 2 aromatic heterocycles. The van der Waals surface area contributed by atoms with Crippen LogP contribution in [0.15, 0.2) is 41.2 Å². The summed E-state index contributed by atoms with van der Waals surface area (Å²) in [5.41, 5.74) is 2.92. The van der Waals surface area contributed by atoms with Crippen LogP contribution in [-0.2, 0) is 6.42 Å². The second-order valence-electron chi connectivity index (χ2n) is 7.47. The van der Waals surface area contributed by atoms with Crippen molar-refractivity contribution in [3.8, 4) is 0 Å². The minimum atomic E-state index is -0.879. The highest BCUT2D eigenvalue weighted by atomic mass is 32.1. The first-order chi connectivity index (χ1) is 14.4. The van der Waals surface area contributed by atoms with Gasteiger partial charge in [-0.2, -0.15) is 9.37 Å². The quantitative estimate of drug-likeness (QED) is 0.501. The van der Waals surface area contributed by atoms with Crippen molar-refractivity contribution in [2.24, 2.45) is 0 Å². The molecule has 0 amide bonds. The number of rotatable bonds is 3. The zero-order chi connectivity index (χ0) is 21.0. The van der Waals surface area contributed by atoms with Crippen LogP contribution < -0.4 is 10.9 Å². The van der Waals surface area contributed by atoms with Gasteiger partial charge < -0.3 is 9.88 Å². The standard InChI is InChI=1S/C22H18F2N4OS/c1-11-9-16-19(30-12(2)25-16)10-15(11)26-22-27-21(29)20(24)18-8-7-17(28(18)22)13-3-5-14(23)6-4-13/h3-6,9-10,17H,7-8H2,1-2H3,(H,26,27,29). The van der Waals surface area contributed by atoms with Gasteiger partial charge in [-0.1, -0.05) is 12.1 Å². The minimum absolute atomic E-state index is 0.236. The van der Waals surface area contributed by atoms with E-state index in [1.807, 2.05) is 26.0 Å². The fourth-order valence-electron chi connectivity index (χ4n) is 4.06. The lowest BCUT2D eigenvalue weighted by atomic mass is 10.0. The molecule has 0 fully saturated rings. The number of aromatic nitrogens is 3. The molecule has 3 heterocycles. The number of anilines is 2. The predicted molar refractivity (Wildman–Crippen MR) is 114 cm³/mol. The SMILES string of the molecule is Cc1nc2cc(C)c(Nc3nc(=O)c(F)c4n3C(c3ccc(F)cc3)CC4)cc2s1. The molecule has 0 aliphatic carbocycles. The van der Waals surface area contributed by atoms with E-state index in [4.69, 9.17) is 0 Å². The highest BCUT2D eigenvalue weighted by Gasteiger charge is 2.30. The van der Waals surface area contributed by atoms with Crippen LogP contribution in [0.2, 0.25) is 0 Å². The molecule has 2 aromatic carbocycles. The number of aryl methyl sites for hydroxylation is 2. The largest absolute Gasteiger partial charge is 0.325 e. The number of thiazole rings is 1. The van der Waals surface area contributed by atoms with Crippen LogP contribution in [-0.4, -0.2) is 14.5 Å². The lowest BCUT2D eigenvalue weighted by Gasteiger charge is -2.21. The number of nitrogens with zero attached hydrogens (tertiary/aromatic N) is 3. The van der Waals surface area contributed by atoms with Crippen LogP contribution in [0.4, 0.5) is 20.4 Å². The highest BCUT2D eigenvalue weighted by Crippen LogP contribution is 2.36. The van der Waals surface area contributed by atoms with E-state index >= 15 is 0 Å². The molecule has 5 nitrogen and oxygen atoms in total. The van der Waals surface area contributed by atoms with Crippen molar-refractivity contribution in [2.45, 2.75) is 32.7 Å². The molecule has 1 aliphatic rings. The van der Waals surface area contributed by atoms with Crippen LogP contribution in [0.3, 0.4) is 0 Å². The van der Waals surface area contributed by atoms with E-state index in [1.54, 1.807) is 28.0 Å². The highest BCUT2D eigenvalue weighted by molar-refractivity contribution is 7.18. The van der Waals surface area contributed by atoms with Gasteiger partial charge in [-0.3, -0.25) is 4.79 Å². The van der Waals surface area contributed by atoms with Gasteiger partial charge in [0.25, 0.3) is 0 Å². The normalized spacial score (nSPS) is 15.5. The van der Waals surface area contributed by atoms with Crippen LogP contribution in [0.1, 0.15) is 34.3 Å². The van der Waals surface area contributed by atoms with Crippen LogP contribution >= 0.6 is 11.3 Å². The Morgan fingerprint density at radius 2 is 1.90 bits per heavy atom. The maximum Gasteiger partial charge on any atom is 0.310 e. The van der Waals surface area contributed by atoms with E-state index in [1.165, 1.54) is 12.1 Å². The summed E-state index contributed by atoms with van der Waals surface area (Å²) in [4.78, 5) is 20.7. The van der Waals surface area contributed by atoms with Gasteiger partial charge in [-0.25, -0.2) is 9.37 Å². The van der Waals surface area contributed by atoms with Crippen molar-refractivity contribution in [3.63, 3.8) is 0 Å². The van der Waals surface area contributed by atoms with Crippen molar-refractivity contribution in [2.75, 3.05) is 5.32 Å². The van der Waals surface area contributed by atoms with E-state index < -0.39 is 11.4 Å². The molecule has 0 saturated carbocycles. The first-order valence-corrected chi connectivity index (χ1v) is 10.4. The van der Waals surface area contributed by atoms with Gasteiger partial charge in [0.05, 0.1) is 27.0 Å². The maximum atomic E-state index is 14.6. The van der Waals surface area contributed by atoms with E-state index in [-0.39, 0.29) is 17.8 Å². The van der Waals surface area contributed by atoms with Crippen molar-refractivity contribution in [1.29, 1.82) is 0 Å². The van der Waals surface area contributed by atoms with Crippen molar-refractivity contribution in [3.05, 3.63) is 80.2 Å². The molecule has 0 radical (unpaired) electrons. The molecule has 0 saturated heterocycles. The topological polar surface area (TPSA) is 59.8 Å². The first-order valence-electron chi connectivity index (χ1n) is 9.62. The lowest BCUT2D eigenvalue weighted by molar-refractivity contribution is 0.555. The van der Waals surface area contributed by atoms with Gasteiger partial charge >= 0.3 is 5.56 Å². The Kier molecular flexibility index (Phi) is 4.39. The molecule has 1 unspecified atom stereocenters. The second kappa shape index (κ2) is 6.98. The molecule has 4 aromatic rings. The molecule has 152 valence electrons. The summed E-state index contributed by atoms with van der Waals surface area (Å²) in [5.74, 6) is -0.870. The van der Waals surface area contributed by atoms with Crippen LogP contribution in [0, 0.1) is 25.5 Å². The van der Waals surface area contributed by atoms with Crippen LogP contribution in [0.5, 0.6) is 0 Å². The summed E-state index contributed by atoms with van der Waals surface area (Å²) in [5, 5.41) is 4.21.